The summed E-state index contributed by atoms with van der Waals surface area (Å²) in [4.78, 5) is 14.5. The van der Waals surface area contributed by atoms with Crippen LogP contribution in [0.5, 0.6) is 0 Å². The summed E-state index contributed by atoms with van der Waals surface area (Å²) in [5.41, 5.74) is 2.10. The van der Waals surface area contributed by atoms with Crippen LogP contribution in [0.3, 0.4) is 0 Å². The number of benzene rings is 2. The summed E-state index contributed by atoms with van der Waals surface area (Å²) in [6.45, 7) is 2.02. The SMILES string of the molecule is O=C(c1cc(Cl)ccc1NCc1cccc(F)c1)N1CCCC1. The van der Waals surface area contributed by atoms with Crippen molar-refractivity contribution in [3.05, 3.63) is 64.4 Å². The topological polar surface area (TPSA) is 32.3 Å². The molecule has 0 unspecified atom stereocenters. The highest BCUT2D eigenvalue weighted by atomic mass is 35.5. The van der Waals surface area contributed by atoms with E-state index in [1.54, 1.807) is 24.3 Å². The molecule has 1 saturated heterocycles. The van der Waals surface area contributed by atoms with E-state index in [1.165, 1.54) is 12.1 Å². The van der Waals surface area contributed by atoms with Crippen LogP contribution in [0.4, 0.5) is 10.1 Å². The molecule has 0 aliphatic carbocycles. The summed E-state index contributed by atoms with van der Waals surface area (Å²) < 4.78 is 13.3. The molecule has 3 nitrogen and oxygen atoms in total. The van der Waals surface area contributed by atoms with E-state index < -0.39 is 0 Å². The highest BCUT2D eigenvalue weighted by Gasteiger charge is 2.22. The van der Waals surface area contributed by atoms with Crippen LogP contribution in [0.1, 0.15) is 28.8 Å². The van der Waals surface area contributed by atoms with Gasteiger partial charge < -0.3 is 10.2 Å². The molecule has 0 saturated carbocycles. The average Bonchev–Trinajstić information content (AvgIpc) is 3.07. The van der Waals surface area contributed by atoms with Crippen LogP contribution < -0.4 is 5.32 Å². The first kappa shape index (κ1) is 15.8. The van der Waals surface area contributed by atoms with Gasteiger partial charge in [-0.15, -0.1) is 0 Å². The lowest BCUT2D eigenvalue weighted by Gasteiger charge is -2.18. The molecule has 2 aromatic rings. The minimum absolute atomic E-state index is 0.00765. The predicted octanol–water partition coefficient (Wildman–Crippen LogP) is 4.33. The van der Waals surface area contributed by atoms with Crippen molar-refractivity contribution >= 4 is 23.2 Å². The number of halogens is 2. The zero-order valence-corrected chi connectivity index (χ0v) is 13.4. The Morgan fingerprint density at radius 1 is 1.17 bits per heavy atom. The second-order valence-corrected chi connectivity index (χ2v) is 6.11. The molecule has 1 aliphatic heterocycles. The number of carbonyl (C=O) groups excluding carboxylic acids is 1. The van der Waals surface area contributed by atoms with E-state index >= 15 is 0 Å². The highest BCUT2D eigenvalue weighted by Crippen LogP contribution is 2.24. The third-order valence-corrected chi connectivity index (χ3v) is 4.21. The number of carbonyl (C=O) groups is 1. The van der Waals surface area contributed by atoms with Gasteiger partial charge in [-0.3, -0.25) is 4.79 Å². The quantitative estimate of drug-likeness (QED) is 0.904. The van der Waals surface area contributed by atoms with Gasteiger partial charge in [0.15, 0.2) is 0 Å². The van der Waals surface area contributed by atoms with Crippen molar-refractivity contribution in [3.63, 3.8) is 0 Å². The predicted molar refractivity (Wildman–Crippen MR) is 90.3 cm³/mol. The van der Waals surface area contributed by atoms with E-state index in [-0.39, 0.29) is 11.7 Å². The number of rotatable bonds is 4. The van der Waals surface area contributed by atoms with Gasteiger partial charge in [0.25, 0.3) is 5.91 Å². The zero-order chi connectivity index (χ0) is 16.2. The first-order valence-electron chi connectivity index (χ1n) is 7.70. The van der Waals surface area contributed by atoms with Crippen molar-refractivity contribution in [2.24, 2.45) is 0 Å². The number of hydrogen-bond donors (Lipinski definition) is 1. The van der Waals surface area contributed by atoms with Gasteiger partial charge in [0.05, 0.1) is 5.56 Å². The highest BCUT2D eigenvalue weighted by molar-refractivity contribution is 6.31. The fourth-order valence-electron chi connectivity index (χ4n) is 2.78. The first-order chi connectivity index (χ1) is 11.1. The van der Waals surface area contributed by atoms with Crippen molar-refractivity contribution in [3.8, 4) is 0 Å². The average molecular weight is 333 g/mol. The largest absolute Gasteiger partial charge is 0.380 e. The van der Waals surface area contributed by atoms with E-state index in [0.717, 1.165) is 37.2 Å². The molecule has 1 amide bonds. The van der Waals surface area contributed by atoms with E-state index in [1.807, 2.05) is 11.0 Å². The maximum Gasteiger partial charge on any atom is 0.256 e. The lowest BCUT2D eigenvalue weighted by atomic mass is 10.1. The Balaban J connectivity index is 1.79. The molecule has 0 atom stereocenters. The van der Waals surface area contributed by atoms with Crippen LogP contribution in [0.15, 0.2) is 42.5 Å². The Morgan fingerprint density at radius 2 is 1.96 bits per heavy atom. The van der Waals surface area contributed by atoms with Crippen LogP contribution in [0.25, 0.3) is 0 Å². The number of hydrogen-bond acceptors (Lipinski definition) is 2. The molecular weight excluding hydrogens is 315 g/mol. The maximum absolute atomic E-state index is 13.3. The summed E-state index contributed by atoms with van der Waals surface area (Å²) in [7, 11) is 0. The van der Waals surface area contributed by atoms with Crippen molar-refractivity contribution < 1.29 is 9.18 Å². The van der Waals surface area contributed by atoms with Gasteiger partial charge in [0, 0.05) is 30.3 Å². The monoisotopic (exact) mass is 332 g/mol. The van der Waals surface area contributed by atoms with Gasteiger partial charge in [0.2, 0.25) is 0 Å². The van der Waals surface area contributed by atoms with E-state index in [9.17, 15) is 9.18 Å². The first-order valence-corrected chi connectivity index (χ1v) is 8.08. The summed E-state index contributed by atoms with van der Waals surface area (Å²) in [5.74, 6) is -0.277. The Hall–Kier alpha value is -2.07. The van der Waals surface area contributed by atoms with Crippen molar-refractivity contribution in [2.75, 3.05) is 18.4 Å². The number of likely N-dealkylation sites (tertiary alicyclic amines) is 1. The van der Waals surface area contributed by atoms with Crippen molar-refractivity contribution in [1.29, 1.82) is 0 Å². The Bertz CT molecular complexity index is 714. The minimum atomic E-state index is -0.270. The fourth-order valence-corrected chi connectivity index (χ4v) is 2.95. The molecule has 3 rings (SSSR count). The maximum atomic E-state index is 13.3. The van der Waals surface area contributed by atoms with Crippen LogP contribution in [0, 0.1) is 5.82 Å². The van der Waals surface area contributed by atoms with E-state index in [2.05, 4.69) is 5.32 Å². The van der Waals surface area contributed by atoms with E-state index in [4.69, 9.17) is 11.6 Å². The van der Waals surface area contributed by atoms with Gasteiger partial charge in [-0.25, -0.2) is 4.39 Å². The Morgan fingerprint density at radius 3 is 2.70 bits per heavy atom. The summed E-state index contributed by atoms with van der Waals surface area (Å²) in [6.07, 6.45) is 2.08. The molecule has 2 aromatic carbocycles. The number of nitrogens with one attached hydrogen (secondary N) is 1. The van der Waals surface area contributed by atoms with Crippen LogP contribution in [-0.2, 0) is 6.54 Å². The van der Waals surface area contributed by atoms with Crippen LogP contribution >= 0.6 is 11.6 Å². The molecule has 0 aromatic heterocycles. The molecule has 1 N–H and O–H groups in total. The molecular formula is C18H18ClFN2O. The second kappa shape index (κ2) is 7.01. The van der Waals surface area contributed by atoms with Crippen LogP contribution in [-0.4, -0.2) is 23.9 Å². The number of amides is 1. The summed E-state index contributed by atoms with van der Waals surface area (Å²) in [6, 6.07) is 11.6. The van der Waals surface area contributed by atoms with E-state index in [0.29, 0.717) is 17.1 Å². The second-order valence-electron chi connectivity index (χ2n) is 5.67. The molecule has 0 bridgehead atoms. The molecule has 23 heavy (non-hydrogen) atoms. The molecule has 0 spiro atoms. The van der Waals surface area contributed by atoms with Gasteiger partial charge in [-0.1, -0.05) is 23.7 Å². The van der Waals surface area contributed by atoms with Gasteiger partial charge in [-0.2, -0.15) is 0 Å². The van der Waals surface area contributed by atoms with Gasteiger partial charge in [-0.05, 0) is 48.7 Å². The third kappa shape index (κ3) is 3.82. The minimum Gasteiger partial charge on any atom is -0.380 e. The van der Waals surface area contributed by atoms with Crippen molar-refractivity contribution in [2.45, 2.75) is 19.4 Å². The Kier molecular flexibility index (Phi) is 4.82. The van der Waals surface area contributed by atoms with Gasteiger partial charge >= 0.3 is 0 Å². The number of anilines is 1. The number of nitrogens with zero attached hydrogens (tertiary/aromatic N) is 1. The summed E-state index contributed by atoms with van der Waals surface area (Å²) in [5, 5.41) is 3.75. The van der Waals surface area contributed by atoms with Gasteiger partial charge in [0.1, 0.15) is 5.82 Å². The molecule has 1 aliphatic rings. The standard InChI is InChI=1S/C18H18ClFN2O/c19-14-6-7-17(21-12-13-4-3-5-15(20)10-13)16(11-14)18(23)22-8-1-2-9-22/h3-7,10-11,21H,1-2,8-9,12H2. The van der Waals surface area contributed by atoms with Crippen LogP contribution in [0.2, 0.25) is 5.02 Å². The smallest absolute Gasteiger partial charge is 0.256 e. The molecule has 5 heteroatoms. The van der Waals surface area contributed by atoms with Crippen molar-refractivity contribution in [1.82, 2.24) is 4.90 Å². The zero-order valence-electron chi connectivity index (χ0n) is 12.7. The third-order valence-electron chi connectivity index (χ3n) is 3.98. The molecule has 0 radical (unpaired) electrons. The fraction of sp³-hybridized carbons (Fsp3) is 0.278. The lowest BCUT2D eigenvalue weighted by molar-refractivity contribution is 0.0793. The summed E-state index contributed by atoms with van der Waals surface area (Å²) >= 11 is 6.06. The Labute approximate surface area is 140 Å². The molecule has 120 valence electrons. The lowest BCUT2D eigenvalue weighted by Crippen LogP contribution is -2.28. The molecule has 1 fully saturated rings. The molecule has 1 heterocycles. The normalized spacial score (nSPS) is 14.1.